The molecule has 19 nitrogen and oxygen atoms in total. The Morgan fingerprint density at radius 3 is 1.18 bits per heavy atom. The van der Waals surface area contributed by atoms with Crippen LogP contribution in [-0.4, -0.2) is 218 Å². The van der Waals surface area contributed by atoms with E-state index in [1.54, 1.807) is 0 Å². The van der Waals surface area contributed by atoms with Crippen LogP contribution in [0.15, 0.2) is 0 Å². The van der Waals surface area contributed by atoms with Gasteiger partial charge in [-0.1, -0.05) is 0 Å². The van der Waals surface area contributed by atoms with E-state index in [0.717, 1.165) is 0 Å². The molecule has 0 radical (unpaired) electrons. The summed E-state index contributed by atoms with van der Waals surface area (Å²) in [6, 6.07) is 0.632. The average molecular weight is 935 g/mol. The zero-order valence-corrected chi connectivity index (χ0v) is 40.0. The standard InChI is InChI=1S/C41H78O19SSi/c1-8-58-62(59-9-2,60-10-3)13-11-12-43-14-34(42)29-61-41(27-56-39(23-52-35-15-44-30(4)45-16-35)24-53-36-17-46-31(5)47-18-36)28-57-40(25-54-37-19-48-32(6)49-20-37)26-55-38-21-50-33(7)51-22-38/h30-42H,8-29H2,1-7H3. The minimum Gasteiger partial charge on any atom is -0.390 e. The Labute approximate surface area is 374 Å². The number of ether oxygens (including phenoxy) is 15. The molecule has 4 aliphatic heterocycles. The lowest BCUT2D eigenvalue weighted by Crippen LogP contribution is -2.46. The molecule has 62 heavy (non-hydrogen) atoms. The summed E-state index contributed by atoms with van der Waals surface area (Å²) >= 11 is 1.53. The van der Waals surface area contributed by atoms with E-state index in [2.05, 4.69) is 0 Å². The third-order valence-electron chi connectivity index (χ3n) is 9.94. The number of rotatable bonds is 33. The smallest absolute Gasteiger partial charge is 0.390 e. The van der Waals surface area contributed by atoms with Crippen molar-refractivity contribution in [3.8, 4) is 0 Å². The van der Waals surface area contributed by atoms with E-state index in [1.165, 1.54) is 11.8 Å². The van der Waals surface area contributed by atoms with E-state index < -0.39 is 27.1 Å². The molecule has 4 heterocycles. The molecule has 0 saturated carbocycles. The van der Waals surface area contributed by atoms with Crippen molar-refractivity contribution in [1.82, 2.24) is 0 Å². The Morgan fingerprint density at radius 2 is 0.855 bits per heavy atom. The van der Waals surface area contributed by atoms with E-state index in [9.17, 15) is 5.11 Å². The van der Waals surface area contributed by atoms with Gasteiger partial charge in [0, 0.05) is 38.2 Å². The van der Waals surface area contributed by atoms with Crippen molar-refractivity contribution in [1.29, 1.82) is 0 Å². The number of hydrogen-bond acceptors (Lipinski definition) is 20. The van der Waals surface area contributed by atoms with Gasteiger partial charge in [-0.2, -0.15) is 11.8 Å². The zero-order chi connectivity index (χ0) is 44.4. The quantitative estimate of drug-likeness (QED) is 0.0748. The van der Waals surface area contributed by atoms with Crippen molar-refractivity contribution < 1.29 is 89.4 Å². The maximum absolute atomic E-state index is 11.1. The predicted molar refractivity (Wildman–Crippen MR) is 227 cm³/mol. The lowest BCUT2D eigenvalue weighted by Gasteiger charge is -2.32. The summed E-state index contributed by atoms with van der Waals surface area (Å²) in [4.78, 5) is 0. The Bertz CT molecular complexity index is 964. The van der Waals surface area contributed by atoms with Gasteiger partial charge in [-0.15, -0.1) is 0 Å². The Hall–Kier alpha value is -0.193. The van der Waals surface area contributed by atoms with Gasteiger partial charge < -0.3 is 89.4 Å². The van der Waals surface area contributed by atoms with Crippen LogP contribution in [0.25, 0.3) is 0 Å². The zero-order valence-electron chi connectivity index (χ0n) is 38.2. The van der Waals surface area contributed by atoms with E-state index >= 15 is 0 Å². The number of aliphatic hydroxyl groups excluding tert-OH is 1. The number of hydrogen-bond donors (Lipinski definition) is 1. The fourth-order valence-electron chi connectivity index (χ4n) is 6.51. The van der Waals surface area contributed by atoms with Crippen molar-refractivity contribution in [3.63, 3.8) is 0 Å². The molecule has 0 aliphatic carbocycles. The molecule has 0 amide bonds. The van der Waals surface area contributed by atoms with Crippen LogP contribution >= 0.6 is 11.8 Å². The maximum atomic E-state index is 11.1. The molecule has 0 spiro atoms. The first kappa shape index (κ1) is 54.4. The number of aliphatic hydroxyl groups is 1. The lowest BCUT2D eigenvalue weighted by molar-refractivity contribution is -0.234. The molecule has 4 saturated heterocycles. The lowest BCUT2D eigenvalue weighted by atomic mass is 10.3. The largest absolute Gasteiger partial charge is 0.501 e. The Kier molecular flexibility index (Phi) is 27.8. The van der Waals surface area contributed by atoms with Crippen molar-refractivity contribution in [2.75, 3.05) is 131 Å². The fraction of sp³-hybridized carbons (Fsp3) is 1.00. The highest BCUT2D eigenvalue weighted by atomic mass is 32.2. The topological polar surface area (TPSA) is 186 Å². The molecule has 21 heteroatoms. The third-order valence-corrected chi connectivity index (χ3v) is 14.4. The highest BCUT2D eigenvalue weighted by Crippen LogP contribution is 2.21. The Balaban J connectivity index is 1.36. The van der Waals surface area contributed by atoms with E-state index in [0.29, 0.717) is 97.5 Å². The summed E-state index contributed by atoms with van der Waals surface area (Å²) < 4.78 is 107. The van der Waals surface area contributed by atoms with Crippen LogP contribution in [0.4, 0.5) is 0 Å². The first-order valence-corrected chi connectivity index (χ1v) is 25.5. The van der Waals surface area contributed by atoms with Crippen LogP contribution in [-0.2, 0) is 84.3 Å². The van der Waals surface area contributed by atoms with Crippen molar-refractivity contribution in [2.24, 2.45) is 0 Å². The van der Waals surface area contributed by atoms with Gasteiger partial charge in [0.1, 0.15) is 36.6 Å². The highest BCUT2D eigenvalue weighted by molar-refractivity contribution is 8.00. The molecule has 366 valence electrons. The monoisotopic (exact) mass is 934 g/mol. The van der Waals surface area contributed by atoms with Gasteiger partial charge in [-0.3, -0.25) is 0 Å². The van der Waals surface area contributed by atoms with Crippen LogP contribution in [0, 0.1) is 0 Å². The molecular weight excluding hydrogens is 857 g/mol. The van der Waals surface area contributed by atoms with E-state index in [-0.39, 0.29) is 101 Å². The summed E-state index contributed by atoms with van der Waals surface area (Å²) in [5.41, 5.74) is 0. The second kappa shape index (κ2) is 31.7. The van der Waals surface area contributed by atoms with Gasteiger partial charge in [-0.25, -0.2) is 0 Å². The molecule has 4 rings (SSSR count). The maximum Gasteiger partial charge on any atom is 0.501 e. The van der Waals surface area contributed by atoms with Crippen molar-refractivity contribution in [3.05, 3.63) is 0 Å². The van der Waals surface area contributed by atoms with Gasteiger partial charge in [0.25, 0.3) is 0 Å². The van der Waals surface area contributed by atoms with Gasteiger partial charge >= 0.3 is 8.80 Å². The van der Waals surface area contributed by atoms with Gasteiger partial charge in [0.2, 0.25) is 0 Å². The third kappa shape index (κ3) is 22.5. The minimum atomic E-state index is -2.78. The molecule has 0 aromatic heterocycles. The molecule has 0 bridgehead atoms. The van der Waals surface area contributed by atoms with Crippen LogP contribution in [0.1, 0.15) is 54.9 Å². The van der Waals surface area contributed by atoms with Crippen LogP contribution in [0.3, 0.4) is 0 Å². The fourth-order valence-corrected chi connectivity index (χ4v) is 10.0. The molecule has 4 fully saturated rings. The molecule has 0 aromatic rings. The summed E-state index contributed by atoms with van der Waals surface area (Å²) in [5, 5.41) is 10.9. The SMILES string of the molecule is CCO[Si](CCCOCC(O)CSC(COC(COC1COC(C)OC1)COC1COC(C)OC1)COC(COC1COC(C)OC1)COC1COC(C)OC1)(OCC)OCC. The minimum absolute atomic E-state index is 0.158. The first-order chi connectivity index (χ1) is 30.1. The van der Waals surface area contributed by atoms with Crippen molar-refractivity contribution >= 4 is 20.6 Å². The molecule has 1 atom stereocenters. The second-order valence-corrected chi connectivity index (χ2v) is 19.5. The van der Waals surface area contributed by atoms with Gasteiger partial charge in [-0.05, 0) is 54.9 Å². The summed E-state index contributed by atoms with van der Waals surface area (Å²) in [6.45, 7) is 20.2. The van der Waals surface area contributed by atoms with Crippen molar-refractivity contribution in [2.45, 2.75) is 134 Å². The number of thioether (sulfide) groups is 1. The summed E-state index contributed by atoms with van der Waals surface area (Å²) in [6.07, 6.45) is -3.05. The Morgan fingerprint density at radius 1 is 0.516 bits per heavy atom. The molecular formula is C41H78O19SSi. The predicted octanol–water partition coefficient (Wildman–Crippen LogP) is 2.79. The molecule has 0 aromatic carbocycles. The van der Waals surface area contributed by atoms with E-state index in [1.807, 2.05) is 48.5 Å². The second-order valence-electron chi connectivity index (χ2n) is 15.4. The molecule has 1 N–H and O–H groups in total. The highest BCUT2D eigenvalue weighted by Gasteiger charge is 2.39. The summed E-state index contributed by atoms with van der Waals surface area (Å²) in [5.74, 6) is 0.371. The average Bonchev–Trinajstić information content (AvgIpc) is 3.27. The van der Waals surface area contributed by atoms with Crippen LogP contribution < -0.4 is 0 Å². The van der Waals surface area contributed by atoms with Gasteiger partial charge in [0.15, 0.2) is 25.2 Å². The van der Waals surface area contributed by atoms with Crippen LogP contribution in [0.5, 0.6) is 0 Å². The molecule has 4 aliphatic rings. The normalized spacial score (nSPS) is 29.6. The van der Waals surface area contributed by atoms with Crippen LogP contribution in [0.2, 0.25) is 6.04 Å². The first-order valence-electron chi connectivity index (χ1n) is 22.5. The van der Waals surface area contributed by atoms with Gasteiger partial charge in [0.05, 0.1) is 110 Å². The van der Waals surface area contributed by atoms with E-state index in [4.69, 9.17) is 84.3 Å². The summed E-state index contributed by atoms with van der Waals surface area (Å²) in [7, 11) is -2.78. The molecule has 1 unspecified atom stereocenters.